The second-order valence-corrected chi connectivity index (χ2v) is 7.41. The van der Waals surface area contributed by atoms with E-state index in [9.17, 15) is 4.79 Å². The highest BCUT2D eigenvalue weighted by Crippen LogP contribution is 2.22. The van der Waals surface area contributed by atoms with Crippen LogP contribution in [0.3, 0.4) is 0 Å². The van der Waals surface area contributed by atoms with E-state index in [-0.39, 0.29) is 0 Å². The highest BCUT2D eigenvalue weighted by atomic mass is 16.6. The molecule has 0 saturated carbocycles. The van der Waals surface area contributed by atoms with Gasteiger partial charge in [-0.1, -0.05) is 18.9 Å². The van der Waals surface area contributed by atoms with Gasteiger partial charge in [0, 0.05) is 19.3 Å². The van der Waals surface area contributed by atoms with Crippen molar-refractivity contribution in [2.24, 2.45) is 0 Å². The topological polar surface area (TPSA) is 51.2 Å². The van der Waals surface area contributed by atoms with Gasteiger partial charge in [0.25, 0.3) is 0 Å². The fraction of sp³-hybridized carbons (Fsp3) is 0.400. The predicted octanol–water partition coefficient (Wildman–Crippen LogP) is 5.39. The average Bonchev–Trinajstić information content (AvgIpc) is 2.79. The molecule has 0 atom stereocenters. The highest BCUT2D eigenvalue weighted by molar-refractivity contribution is 5.88. The van der Waals surface area contributed by atoms with Crippen LogP contribution < -0.4 is 19.1 Å². The van der Waals surface area contributed by atoms with Crippen molar-refractivity contribution in [3.05, 3.63) is 61.2 Å². The lowest BCUT2D eigenvalue weighted by atomic mass is 10.2. The third-order valence-electron chi connectivity index (χ3n) is 4.91. The van der Waals surface area contributed by atoms with E-state index < -0.39 is 6.09 Å². The summed E-state index contributed by atoms with van der Waals surface area (Å²) in [5, 5.41) is 0. The molecule has 0 spiro atoms. The Balaban J connectivity index is 1.69. The molecule has 0 aromatic heterocycles. The maximum absolute atomic E-state index is 12.4. The summed E-state index contributed by atoms with van der Waals surface area (Å²) in [6, 6.07) is 14.3. The van der Waals surface area contributed by atoms with Crippen LogP contribution in [0.25, 0.3) is 0 Å². The monoisotopic (exact) mass is 426 g/mol. The molecule has 2 aromatic carbocycles. The fourth-order valence-electron chi connectivity index (χ4n) is 3.02. The zero-order valence-corrected chi connectivity index (χ0v) is 18.9. The van der Waals surface area contributed by atoms with Gasteiger partial charge in [-0.05, 0) is 75.0 Å². The Bertz CT molecular complexity index is 790. The molecule has 0 unspecified atom stereocenters. The van der Waals surface area contributed by atoms with Crippen molar-refractivity contribution in [3.8, 4) is 17.2 Å². The number of benzene rings is 2. The average molecular weight is 427 g/mol. The first kappa shape index (κ1) is 24.3. The zero-order valence-electron chi connectivity index (χ0n) is 18.9. The molecule has 0 fully saturated rings. The number of hydrogen-bond acceptors (Lipinski definition) is 5. The SMILES string of the molecule is C=CCN(C)CCCCCCOc1ccc(N(C)C(=O)Oc2ccc(OC)cc2)cc1. The molecule has 0 N–H and O–H groups in total. The number of carbonyl (C=O) groups excluding carboxylic acids is 1. The number of rotatable bonds is 13. The van der Waals surface area contributed by atoms with E-state index in [1.165, 1.54) is 17.7 Å². The Morgan fingerprint density at radius 2 is 1.52 bits per heavy atom. The Labute approximate surface area is 186 Å². The van der Waals surface area contributed by atoms with Crippen molar-refractivity contribution in [2.75, 3.05) is 45.8 Å². The Morgan fingerprint density at radius 3 is 2.16 bits per heavy atom. The molecule has 31 heavy (non-hydrogen) atoms. The van der Waals surface area contributed by atoms with Crippen LogP contribution in [0.4, 0.5) is 10.5 Å². The first-order chi connectivity index (χ1) is 15.0. The van der Waals surface area contributed by atoms with Gasteiger partial charge in [-0.15, -0.1) is 6.58 Å². The van der Waals surface area contributed by atoms with Crippen LogP contribution in [-0.2, 0) is 0 Å². The summed E-state index contributed by atoms with van der Waals surface area (Å²) in [6.45, 7) is 6.49. The van der Waals surface area contributed by atoms with Gasteiger partial charge in [-0.2, -0.15) is 0 Å². The van der Waals surface area contributed by atoms with Crippen LogP contribution in [0.5, 0.6) is 17.2 Å². The third kappa shape index (κ3) is 8.72. The van der Waals surface area contributed by atoms with Crippen molar-refractivity contribution >= 4 is 11.8 Å². The molecule has 2 aromatic rings. The standard InChI is InChI=1S/C25H34N2O4/c1-5-18-26(2)19-8-6-7-9-20-30-23-12-10-21(11-13-23)27(3)25(28)31-24-16-14-22(29-4)15-17-24/h5,10-17H,1,6-9,18-20H2,2-4H3. The number of anilines is 1. The minimum absolute atomic E-state index is 0.461. The maximum Gasteiger partial charge on any atom is 0.419 e. The number of ether oxygens (including phenoxy) is 3. The normalized spacial score (nSPS) is 10.6. The molecule has 168 valence electrons. The van der Waals surface area contributed by atoms with Gasteiger partial charge in [0.15, 0.2) is 0 Å². The lowest BCUT2D eigenvalue weighted by Gasteiger charge is -2.17. The quantitative estimate of drug-likeness (QED) is 0.318. The molecule has 6 heteroatoms. The molecular formula is C25H34N2O4. The molecule has 1 amide bonds. The third-order valence-corrected chi connectivity index (χ3v) is 4.91. The van der Waals surface area contributed by atoms with E-state index in [4.69, 9.17) is 14.2 Å². The van der Waals surface area contributed by atoms with Crippen LogP contribution in [0, 0.1) is 0 Å². The smallest absolute Gasteiger partial charge is 0.419 e. The molecule has 0 heterocycles. The summed E-state index contributed by atoms with van der Waals surface area (Å²) in [7, 11) is 5.38. The predicted molar refractivity (Wildman–Crippen MR) is 126 cm³/mol. The summed E-state index contributed by atoms with van der Waals surface area (Å²) in [5.74, 6) is 1.97. The van der Waals surface area contributed by atoms with Gasteiger partial charge in [-0.25, -0.2) is 4.79 Å². The van der Waals surface area contributed by atoms with Crippen molar-refractivity contribution in [2.45, 2.75) is 25.7 Å². The van der Waals surface area contributed by atoms with Crippen molar-refractivity contribution < 1.29 is 19.0 Å². The van der Waals surface area contributed by atoms with Crippen LogP contribution in [0.2, 0.25) is 0 Å². The number of nitrogens with zero attached hydrogens (tertiary/aromatic N) is 2. The summed E-state index contributed by atoms with van der Waals surface area (Å²) in [5.41, 5.74) is 0.731. The van der Waals surface area contributed by atoms with Crippen molar-refractivity contribution in [3.63, 3.8) is 0 Å². The summed E-state index contributed by atoms with van der Waals surface area (Å²) >= 11 is 0. The lowest BCUT2D eigenvalue weighted by molar-refractivity contribution is 0.209. The molecule has 2 rings (SSSR count). The number of methoxy groups -OCH3 is 1. The zero-order chi connectivity index (χ0) is 22.5. The van der Waals surface area contributed by atoms with Crippen LogP contribution in [0.1, 0.15) is 25.7 Å². The molecular weight excluding hydrogens is 392 g/mol. The van der Waals surface area contributed by atoms with E-state index in [1.54, 1.807) is 38.4 Å². The molecule has 0 bridgehead atoms. The van der Waals surface area contributed by atoms with Crippen LogP contribution in [0.15, 0.2) is 61.2 Å². The van der Waals surface area contributed by atoms with E-state index in [0.29, 0.717) is 18.1 Å². The van der Waals surface area contributed by atoms with Gasteiger partial charge in [0.1, 0.15) is 17.2 Å². The molecule has 0 radical (unpaired) electrons. The van der Waals surface area contributed by atoms with Gasteiger partial charge in [0.05, 0.1) is 13.7 Å². The van der Waals surface area contributed by atoms with E-state index >= 15 is 0 Å². The Hall–Kier alpha value is -2.99. The second-order valence-electron chi connectivity index (χ2n) is 7.41. The number of carbonyl (C=O) groups is 1. The minimum atomic E-state index is -0.461. The largest absolute Gasteiger partial charge is 0.497 e. The minimum Gasteiger partial charge on any atom is -0.497 e. The second kappa shape index (κ2) is 13.3. The number of unbranched alkanes of at least 4 members (excludes halogenated alkanes) is 3. The number of likely N-dealkylation sites (N-methyl/N-ethyl adjacent to an activating group) is 1. The van der Waals surface area contributed by atoms with Crippen molar-refractivity contribution in [1.29, 1.82) is 0 Å². The van der Waals surface area contributed by atoms with Gasteiger partial charge in [-0.3, -0.25) is 4.90 Å². The lowest BCUT2D eigenvalue weighted by Crippen LogP contribution is -2.29. The molecule has 0 aliphatic carbocycles. The van der Waals surface area contributed by atoms with Crippen LogP contribution in [-0.4, -0.2) is 51.9 Å². The Kier molecular flexibility index (Phi) is 10.4. The summed E-state index contributed by atoms with van der Waals surface area (Å²) < 4.78 is 16.3. The molecule has 6 nitrogen and oxygen atoms in total. The first-order valence-corrected chi connectivity index (χ1v) is 10.7. The van der Waals surface area contributed by atoms with E-state index in [2.05, 4.69) is 18.5 Å². The van der Waals surface area contributed by atoms with Gasteiger partial charge >= 0.3 is 6.09 Å². The van der Waals surface area contributed by atoms with Crippen LogP contribution >= 0.6 is 0 Å². The van der Waals surface area contributed by atoms with Crippen molar-refractivity contribution in [1.82, 2.24) is 4.90 Å². The molecule has 0 aliphatic heterocycles. The summed E-state index contributed by atoms with van der Waals surface area (Å²) in [4.78, 5) is 16.1. The molecule has 0 aliphatic rings. The maximum atomic E-state index is 12.4. The first-order valence-electron chi connectivity index (χ1n) is 10.7. The van der Waals surface area contributed by atoms with Gasteiger partial charge < -0.3 is 19.1 Å². The number of hydrogen-bond donors (Lipinski definition) is 0. The highest BCUT2D eigenvalue weighted by Gasteiger charge is 2.13. The summed E-state index contributed by atoms with van der Waals surface area (Å²) in [6.07, 6.45) is 6.04. The van der Waals surface area contributed by atoms with E-state index in [1.807, 2.05) is 30.3 Å². The Morgan fingerprint density at radius 1 is 0.903 bits per heavy atom. The fourth-order valence-corrected chi connectivity index (χ4v) is 3.02. The van der Waals surface area contributed by atoms with E-state index in [0.717, 1.165) is 37.4 Å². The molecule has 0 saturated heterocycles. The van der Waals surface area contributed by atoms with Gasteiger partial charge in [0.2, 0.25) is 0 Å². The number of amides is 1.